The number of hydrogen-bond acceptors (Lipinski definition) is 7. The molecule has 0 radical (unpaired) electrons. The molecule has 1 aromatic carbocycles. The molecule has 0 saturated carbocycles. The molecule has 2 rings (SSSR count). The van der Waals surface area contributed by atoms with E-state index < -0.39 is 21.1 Å². The zero-order valence-electron chi connectivity index (χ0n) is 12.6. The van der Waals surface area contributed by atoms with E-state index in [-0.39, 0.29) is 35.9 Å². The van der Waals surface area contributed by atoms with E-state index in [1.165, 1.54) is 23.4 Å². The van der Waals surface area contributed by atoms with Gasteiger partial charge < -0.3 is 15.2 Å². The molecular weight excluding hydrogens is 326 g/mol. The van der Waals surface area contributed by atoms with Gasteiger partial charge in [-0.15, -0.1) is 0 Å². The van der Waals surface area contributed by atoms with Gasteiger partial charge in [-0.1, -0.05) is 0 Å². The third-order valence-corrected chi connectivity index (χ3v) is 5.26. The molecule has 1 aliphatic heterocycles. The summed E-state index contributed by atoms with van der Waals surface area (Å²) >= 11 is 0. The standard InChI is InChI=1S/C13H19N3O6S/c1-10(17)9-14-12-3-2-11(8-13(12)16(18)19)23(20,21)15-4-6-22-7-5-15/h2-3,8,10,14,17H,4-7,9H2,1H3/t10-/m1/s1. The third kappa shape index (κ3) is 4.16. The SMILES string of the molecule is C[C@@H](O)CNc1ccc(S(=O)(=O)N2CCOCC2)cc1[N+](=O)[O-]. The summed E-state index contributed by atoms with van der Waals surface area (Å²) in [5, 5.41) is 23.2. The number of nitrogens with zero attached hydrogens (tertiary/aromatic N) is 2. The molecule has 2 N–H and O–H groups in total. The Balaban J connectivity index is 2.32. The second-order valence-electron chi connectivity index (χ2n) is 5.18. The molecule has 0 unspecified atom stereocenters. The summed E-state index contributed by atoms with van der Waals surface area (Å²) in [7, 11) is -3.79. The maximum absolute atomic E-state index is 12.5. The molecule has 0 bridgehead atoms. The predicted molar refractivity (Wildman–Crippen MR) is 82.8 cm³/mol. The van der Waals surface area contributed by atoms with Gasteiger partial charge in [0.25, 0.3) is 5.69 Å². The van der Waals surface area contributed by atoms with Gasteiger partial charge in [0.15, 0.2) is 0 Å². The van der Waals surface area contributed by atoms with Crippen molar-refractivity contribution in [3.8, 4) is 0 Å². The van der Waals surface area contributed by atoms with E-state index in [0.29, 0.717) is 13.2 Å². The summed E-state index contributed by atoms with van der Waals surface area (Å²) in [5.74, 6) is 0. The lowest BCUT2D eigenvalue weighted by molar-refractivity contribution is -0.384. The van der Waals surface area contributed by atoms with Gasteiger partial charge >= 0.3 is 0 Å². The van der Waals surface area contributed by atoms with Crippen molar-refractivity contribution in [1.82, 2.24) is 4.31 Å². The number of aliphatic hydroxyl groups is 1. The molecule has 0 aromatic heterocycles. The molecule has 0 spiro atoms. The molecule has 23 heavy (non-hydrogen) atoms. The number of ether oxygens (including phenoxy) is 1. The Morgan fingerprint density at radius 3 is 2.65 bits per heavy atom. The van der Waals surface area contributed by atoms with Gasteiger partial charge in [0.1, 0.15) is 5.69 Å². The Morgan fingerprint density at radius 1 is 1.43 bits per heavy atom. The first-order valence-electron chi connectivity index (χ1n) is 7.10. The van der Waals surface area contributed by atoms with Crippen LogP contribution in [0.1, 0.15) is 6.92 Å². The minimum absolute atomic E-state index is 0.121. The van der Waals surface area contributed by atoms with Crippen molar-refractivity contribution >= 4 is 21.4 Å². The highest BCUT2D eigenvalue weighted by Gasteiger charge is 2.28. The molecule has 10 heteroatoms. The number of morpholine rings is 1. The van der Waals surface area contributed by atoms with E-state index in [9.17, 15) is 23.6 Å². The van der Waals surface area contributed by atoms with Crippen LogP contribution in [0.3, 0.4) is 0 Å². The van der Waals surface area contributed by atoms with Gasteiger partial charge in [-0.2, -0.15) is 4.31 Å². The highest BCUT2D eigenvalue weighted by molar-refractivity contribution is 7.89. The van der Waals surface area contributed by atoms with Crippen LogP contribution in [0.5, 0.6) is 0 Å². The summed E-state index contributed by atoms with van der Waals surface area (Å²) in [4.78, 5) is 10.4. The van der Waals surface area contributed by atoms with Gasteiger partial charge in [0.05, 0.1) is 29.1 Å². The van der Waals surface area contributed by atoms with E-state index in [4.69, 9.17) is 4.74 Å². The van der Waals surface area contributed by atoms with Crippen LogP contribution < -0.4 is 5.32 Å². The van der Waals surface area contributed by atoms with Crippen LogP contribution in [0, 0.1) is 10.1 Å². The number of sulfonamides is 1. The number of anilines is 1. The van der Waals surface area contributed by atoms with Crippen LogP contribution >= 0.6 is 0 Å². The van der Waals surface area contributed by atoms with E-state index in [0.717, 1.165) is 6.07 Å². The maximum atomic E-state index is 12.5. The summed E-state index contributed by atoms with van der Waals surface area (Å²) in [5.41, 5.74) is -0.184. The van der Waals surface area contributed by atoms with Gasteiger partial charge in [-0.05, 0) is 19.1 Å². The minimum atomic E-state index is -3.79. The first-order chi connectivity index (χ1) is 10.8. The van der Waals surface area contributed by atoms with Crippen molar-refractivity contribution in [3.63, 3.8) is 0 Å². The Bertz CT molecular complexity index is 670. The number of benzene rings is 1. The van der Waals surface area contributed by atoms with Crippen LogP contribution in [-0.2, 0) is 14.8 Å². The molecule has 9 nitrogen and oxygen atoms in total. The number of hydrogen-bond donors (Lipinski definition) is 2. The highest BCUT2D eigenvalue weighted by Crippen LogP contribution is 2.29. The minimum Gasteiger partial charge on any atom is -0.392 e. The zero-order chi connectivity index (χ0) is 17.0. The first kappa shape index (κ1) is 17.6. The number of aliphatic hydroxyl groups excluding tert-OH is 1. The van der Waals surface area contributed by atoms with E-state index in [2.05, 4.69) is 5.32 Å². The monoisotopic (exact) mass is 345 g/mol. The second kappa shape index (κ2) is 7.21. The average molecular weight is 345 g/mol. The molecule has 0 aliphatic carbocycles. The lowest BCUT2D eigenvalue weighted by atomic mass is 10.2. The molecule has 1 aromatic rings. The van der Waals surface area contributed by atoms with Crippen LogP contribution in [-0.4, -0.2) is 61.7 Å². The van der Waals surface area contributed by atoms with Gasteiger partial charge in [-0.3, -0.25) is 10.1 Å². The molecule has 1 saturated heterocycles. The number of nitro groups is 1. The molecule has 0 amide bonds. The van der Waals surface area contributed by atoms with Crippen molar-refractivity contribution < 1.29 is 23.2 Å². The Hall–Kier alpha value is -1.75. The van der Waals surface area contributed by atoms with Crippen molar-refractivity contribution in [2.75, 3.05) is 38.2 Å². The molecule has 1 aliphatic rings. The zero-order valence-corrected chi connectivity index (χ0v) is 13.5. The Kier molecular flexibility index (Phi) is 5.52. The summed E-state index contributed by atoms with van der Waals surface area (Å²) in [6.45, 7) is 2.70. The van der Waals surface area contributed by atoms with E-state index >= 15 is 0 Å². The van der Waals surface area contributed by atoms with Gasteiger partial charge in [-0.25, -0.2) is 8.42 Å². The van der Waals surface area contributed by atoms with Crippen LogP contribution in [0.4, 0.5) is 11.4 Å². The van der Waals surface area contributed by atoms with Gasteiger partial charge in [0, 0.05) is 25.7 Å². The topological polar surface area (TPSA) is 122 Å². The number of rotatable bonds is 6. The van der Waals surface area contributed by atoms with Crippen LogP contribution in [0.15, 0.2) is 23.1 Å². The summed E-state index contributed by atoms with van der Waals surface area (Å²) in [6.07, 6.45) is -0.689. The number of nitro benzene ring substituents is 1. The van der Waals surface area contributed by atoms with Crippen molar-refractivity contribution in [1.29, 1.82) is 0 Å². The first-order valence-corrected chi connectivity index (χ1v) is 8.54. The highest BCUT2D eigenvalue weighted by atomic mass is 32.2. The van der Waals surface area contributed by atoms with Crippen LogP contribution in [0.2, 0.25) is 0 Å². The van der Waals surface area contributed by atoms with Gasteiger partial charge in [0.2, 0.25) is 10.0 Å². The average Bonchev–Trinajstić information content (AvgIpc) is 2.53. The fourth-order valence-corrected chi connectivity index (χ4v) is 3.59. The number of nitrogens with one attached hydrogen (secondary N) is 1. The van der Waals surface area contributed by atoms with E-state index in [1.54, 1.807) is 0 Å². The van der Waals surface area contributed by atoms with E-state index in [1.807, 2.05) is 0 Å². The molecular formula is C13H19N3O6S. The fraction of sp³-hybridized carbons (Fsp3) is 0.538. The summed E-state index contributed by atoms with van der Waals surface area (Å²) in [6, 6.07) is 3.70. The van der Waals surface area contributed by atoms with Crippen molar-refractivity contribution in [2.45, 2.75) is 17.9 Å². The Labute approximate surface area is 134 Å². The third-order valence-electron chi connectivity index (χ3n) is 3.36. The van der Waals surface area contributed by atoms with Crippen molar-refractivity contribution in [2.24, 2.45) is 0 Å². The molecule has 128 valence electrons. The lowest BCUT2D eigenvalue weighted by Gasteiger charge is -2.26. The maximum Gasteiger partial charge on any atom is 0.293 e. The smallest absolute Gasteiger partial charge is 0.293 e. The predicted octanol–water partition coefficient (Wildman–Crippen LogP) is 0.408. The normalized spacial score (nSPS) is 17.7. The van der Waals surface area contributed by atoms with Crippen LogP contribution in [0.25, 0.3) is 0 Å². The molecule has 1 heterocycles. The quantitative estimate of drug-likeness (QED) is 0.565. The Morgan fingerprint density at radius 2 is 2.09 bits per heavy atom. The second-order valence-corrected chi connectivity index (χ2v) is 7.12. The van der Waals surface area contributed by atoms with Crippen molar-refractivity contribution in [3.05, 3.63) is 28.3 Å². The fourth-order valence-electron chi connectivity index (χ4n) is 2.17. The lowest BCUT2D eigenvalue weighted by Crippen LogP contribution is -2.40. The largest absolute Gasteiger partial charge is 0.392 e. The molecule has 1 fully saturated rings. The molecule has 1 atom stereocenters. The summed E-state index contributed by atoms with van der Waals surface area (Å²) < 4.78 is 31.4.